The van der Waals surface area contributed by atoms with Crippen molar-refractivity contribution in [2.45, 2.75) is 0 Å². The number of nitrogens with zero attached hydrogens (tertiary/aromatic N) is 6. The van der Waals surface area contributed by atoms with Crippen LogP contribution in [-0.2, 0) is 4.74 Å². The normalized spacial score (nSPS) is 10.6. The second-order valence-electron chi connectivity index (χ2n) is 7.58. The number of fused-ring (bicyclic) bond motifs is 2. The van der Waals surface area contributed by atoms with Gasteiger partial charge in [0, 0.05) is 46.7 Å². The van der Waals surface area contributed by atoms with Crippen molar-refractivity contribution in [1.82, 2.24) is 40.3 Å². The largest absolute Gasteiger partial charge is 0.453 e. The van der Waals surface area contributed by atoms with Gasteiger partial charge >= 0.3 is 6.09 Å². The monoisotopic (exact) mass is 480 g/mol. The van der Waals surface area contributed by atoms with E-state index in [9.17, 15) is 4.79 Å². The Kier molecular flexibility index (Phi) is 6.13. The predicted octanol–water partition coefficient (Wildman–Crippen LogP) is 3.80. The smallest absolute Gasteiger partial charge is 0.412 e. The van der Waals surface area contributed by atoms with E-state index in [1.807, 2.05) is 30.3 Å². The van der Waals surface area contributed by atoms with Gasteiger partial charge in [-0.25, -0.2) is 24.7 Å². The zero-order chi connectivity index (χ0) is 24.9. The second-order valence-corrected chi connectivity index (χ2v) is 7.58. The minimum Gasteiger partial charge on any atom is -0.453 e. The molecule has 0 aliphatic carbocycles. The zero-order valence-electron chi connectivity index (χ0n) is 19.0. The van der Waals surface area contributed by atoms with Crippen LogP contribution in [0.15, 0.2) is 73.6 Å². The van der Waals surface area contributed by atoms with Gasteiger partial charge in [-0.2, -0.15) is 10.2 Å². The van der Waals surface area contributed by atoms with Crippen molar-refractivity contribution in [3.8, 4) is 22.3 Å². The molecule has 12 heteroatoms. The number of ether oxygens (including phenoxy) is 1. The summed E-state index contributed by atoms with van der Waals surface area (Å²) < 4.78 is 4.53. The van der Waals surface area contributed by atoms with Crippen molar-refractivity contribution in [3.63, 3.8) is 0 Å². The molecule has 1 amide bonds. The molecule has 5 N–H and O–H groups in total. The van der Waals surface area contributed by atoms with E-state index in [1.165, 1.54) is 7.11 Å². The number of aromatic nitrogens is 8. The summed E-state index contributed by atoms with van der Waals surface area (Å²) in [4.78, 5) is 27.7. The van der Waals surface area contributed by atoms with Crippen molar-refractivity contribution in [3.05, 3.63) is 73.6 Å². The van der Waals surface area contributed by atoms with E-state index in [0.717, 1.165) is 44.3 Å². The summed E-state index contributed by atoms with van der Waals surface area (Å²) in [6.07, 6.45) is 9.71. The number of aromatic amines is 2. The molecule has 6 heterocycles. The first-order valence-electron chi connectivity index (χ1n) is 10.7. The average molecular weight is 480 g/mol. The molecule has 6 rings (SSSR count). The van der Waals surface area contributed by atoms with Crippen LogP contribution in [0.25, 0.3) is 44.3 Å². The van der Waals surface area contributed by atoms with Gasteiger partial charge in [0.2, 0.25) is 0 Å². The quantitative estimate of drug-likeness (QED) is 0.294. The molecule has 0 aliphatic rings. The molecule has 0 unspecified atom stereocenters. The standard InChI is InChI=1S/C13H11N5O2.C11H9N5/c1-20-13(19)17-11-5-8(2-3-14-11)9-4-10-7-16-18-12(10)15-6-9;12-10-4-7(1-2-13-10)8-3-9-6-15-16-11(9)14-5-8/h2-7H,1H3,(H,14,17,19)(H,15,16,18);1-6H,(H2,12,13)(H,14,15,16). The Morgan fingerprint density at radius 1 is 0.778 bits per heavy atom. The molecule has 36 heavy (non-hydrogen) atoms. The molecule has 178 valence electrons. The number of nitrogens with two attached hydrogens (primary N) is 1. The van der Waals surface area contributed by atoms with Crippen LogP contribution < -0.4 is 11.1 Å². The summed E-state index contributed by atoms with van der Waals surface area (Å²) >= 11 is 0. The molecule has 6 aromatic heterocycles. The molecule has 0 radical (unpaired) electrons. The van der Waals surface area contributed by atoms with Gasteiger partial charge in [0.05, 0.1) is 19.5 Å². The number of H-pyrrole nitrogens is 2. The summed E-state index contributed by atoms with van der Waals surface area (Å²) in [6, 6.07) is 11.3. The number of anilines is 2. The lowest BCUT2D eigenvalue weighted by atomic mass is 10.1. The van der Waals surface area contributed by atoms with Gasteiger partial charge < -0.3 is 10.5 Å². The fourth-order valence-electron chi connectivity index (χ4n) is 3.45. The number of hydrogen-bond acceptors (Lipinski definition) is 9. The average Bonchev–Trinajstić information content (AvgIpc) is 3.57. The molecule has 0 saturated heterocycles. The second kappa shape index (κ2) is 9.85. The first-order chi connectivity index (χ1) is 17.6. The van der Waals surface area contributed by atoms with Gasteiger partial charge in [-0.3, -0.25) is 15.5 Å². The third-order valence-electron chi connectivity index (χ3n) is 5.21. The lowest BCUT2D eigenvalue weighted by Crippen LogP contribution is -2.11. The summed E-state index contributed by atoms with van der Waals surface area (Å²) in [7, 11) is 1.30. The summed E-state index contributed by atoms with van der Waals surface area (Å²) in [5.74, 6) is 0.923. The van der Waals surface area contributed by atoms with E-state index >= 15 is 0 Å². The third-order valence-corrected chi connectivity index (χ3v) is 5.21. The van der Waals surface area contributed by atoms with Crippen molar-refractivity contribution in [2.75, 3.05) is 18.2 Å². The molecular formula is C24H20N10O2. The van der Waals surface area contributed by atoms with E-state index in [1.54, 1.807) is 43.2 Å². The first kappa shape index (κ1) is 22.4. The fourth-order valence-corrected chi connectivity index (χ4v) is 3.45. The van der Waals surface area contributed by atoms with Crippen LogP contribution in [0.3, 0.4) is 0 Å². The number of nitrogen functional groups attached to an aromatic ring is 1. The Labute approximate surface area is 204 Å². The van der Waals surface area contributed by atoms with Crippen molar-refractivity contribution in [1.29, 1.82) is 0 Å². The van der Waals surface area contributed by atoms with Gasteiger partial charge in [0.15, 0.2) is 11.3 Å². The number of nitrogens with one attached hydrogen (secondary N) is 3. The van der Waals surface area contributed by atoms with E-state index in [2.05, 4.69) is 50.4 Å². The van der Waals surface area contributed by atoms with E-state index in [0.29, 0.717) is 11.6 Å². The van der Waals surface area contributed by atoms with Crippen LogP contribution in [0.4, 0.5) is 16.4 Å². The molecule has 0 fully saturated rings. The molecule has 0 atom stereocenters. The number of hydrogen-bond donors (Lipinski definition) is 4. The summed E-state index contributed by atoms with van der Waals surface area (Å²) in [5.41, 5.74) is 11.0. The Balaban J connectivity index is 0.000000152. The summed E-state index contributed by atoms with van der Waals surface area (Å²) in [6.45, 7) is 0. The predicted molar refractivity (Wildman–Crippen MR) is 135 cm³/mol. The lowest BCUT2D eigenvalue weighted by Gasteiger charge is -2.05. The van der Waals surface area contributed by atoms with Crippen LogP contribution in [0.2, 0.25) is 0 Å². The Bertz CT molecular complexity index is 1660. The Hall–Kier alpha value is -5.39. The number of amides is 1. The van der Waals surface area contributed by atoms with Gasteiger partial charge in [0.1, 0.15) is 11.6 Å². The van der Waals surface area contributed by atoms with Crippen molar-refractivity contribution in [2.24, 2.45) is 0 Å². The highest BCUT2D eigenvalue weighted by Crippen LogP contribution is 2.24. The highest BCUT2D eigenvalue weighted by molar-refractivity contribution is 5.85. The molecule has 0 aliphatic heterocycles. The number of carbonyl (C=O) groups excluding carboxylic acids is 1. The van der Waals surface area contributed by atoms with Crippen LogP contribution >= 0.6 is 0 Å². The van der Waals surface area contributed by atoms with Crippen molar-refractivity contribution < 1.29 is 9.53 Å². The number of methoxy groups -OCH3 is 1. The van der Waals surface area contributed by atoms with E-state index in [-0.39, 0.29) is 0 Å². The lowest BCUT2D eigenvalue weighted by molar-refractivity contribution is 0.187. The van der Waals surface area contributed by atoms with Crippen LogP contribution in [0.5, 0.6) is 0 Å². The minimum absolute atomic E-state index is 0.418. The molecular weight excluding hydrogens is 460 g/mol. The maximum Gasteiger partial charge on any atom is 0.412 e. The molecule has 6 aromatic rings. The number of carbonyl (C=O) groups is 1. The fraction of sp³-hybridized carbons (Fsp3) is 0.0417. The van der Waals surface area contributed by atoms with E-state index in [4.69, 9.17) is 5.73 Å². The molecule has 0 saturated carbocycles. The maximum absolute atomic E-state index is 11.2. The van der Waals surface area contributed by atoms with Gasteiger partial charge in [-0.05, 0) is 47.5 Å². The summed E-state index contributed by atoms with van der Waals surface area (Å²) in [5, 5.41) is 17.9. The van der Waals surface area contributed by atoms with Crippen LogP contribution in [0, 0.1) is 0 Å². The van der Waals surface area contributed by atoms with Gasteiger partial charge in [-0.15, -0.1) is 0 Å². The number of pyridine rings is 4. The van der Waals surface area contributed by atoms with Gasteiger partial charge in [-0.1, -0.05) is 0 Å². The highest BCUT2D eigenvalue weighted by Gasteiger charge is 2.06. The molecule has 0 spiro atoms. The topological polar surface area (TPSA) is 173 Å². The Morgan fingerprint density at radius 3 is 1.94 bits per heavy atom. The van der Waals surface area contributed by atoms with Crippen molar-refractivity contribution >= 4 is 39.8 Å². The maximum atomic E-state index is 11.2. The molecule has 12 nitrogen and oxygen atoms in total. The zero-order valence-corrected chi connectivity index (χ0v) is 19.0. The molecule has 0 aromatic carbocycles. The van der Waals surface area contributed by atoms with E-state index < -0.39 is 6.09 Å². The first-order valence-corrected chi connectivity index (χ1v) is 10.7. The van der Waals surface area contributed by atoms with Gasteiger partial charge in [0.25, 0.3) is 0 Å². The van der Waals surface area contributed by atoms with Crippen LogP contribution in [-0.4, -0.2) is 53.5 Å². The van der Waals surface area contributed by atoms with Crippen LogP contribution in [0.1, 0.15) is 0 Å². The minimum atomic E-state index is -0.557. The molecule has 0 bridgehead atoms. The highest BCUT2D eigenvalue weighted by atomic mass is 16.5. The Morgan fingerprint density at radius 2 is 1.36 bits per heavy atom. The number of rotatable bonds is 3. The third kappa shape index (κ3) is 4.92. The SMILES string of the molecule is COC(=O)Nc1cc(-c2cnc3[nH]ncc3c2)ccn1.Nc1cc(-c2cnc3[nH]ncc3c2)ccn1.